The van der Waals surface area contributed by atoms with Gasteiger partial charge in [0.1, 0.15) is 23.4 Å². The lowest BCUT2D eigenvalue weighted by Crippen LogP contribution is -2.40. The Hall–Kier alpha value is -3.53. The van der Waals surface area contributed by atoms with Gasteiger partial charge in [-0.1, -0.05) is 32.4 Å². The summed E-state index contributed by atoms with van der Waals surface area (Å²) in [6.45, 7) is 8.42. The van der Waals surface area contributed by atoms with Crippen LogP contribution in [0.4, 0.5) is 10.2 Å². The first-order valence-corrected chi connectivity index (χ1v) is 12.1. The highest BCUT2D eigenvalue weighted by atomic mass is 35.5. The molecule has 9 nitrogen and oxygen atoms in total. The molecule has 36 heavy (non-hydrogen) atoms. The quantitative estimate of drug-likeness (QED) is 0.466. The van der Waals surface area contributed by atoms with E-state index in [4.69, 9.17) is 20.8 Å². The van der Waals surface area contributed by atoms with Crippen molar-refractivity contribution in [2.75, 3.05) is 32.8 Å². The van der Waals surface area contributed by atoms with Crippen LogP contribution < -0.4 is 4.74 Å². The number of amidine groups is 1. The van der Waals surface area contributed by atoms with Crippen LogP contribution in [0.25, 0.3) is 11.5 Å². The zero-order valence-electron chi connectivity index (χ0n) is 20.3. The van der Waals surface area contributed by atoms with Crippen LogP contribution in [0, 0.1) is 5.82 Å². The molecule has 0 radical (unpaired) electrons. The van der Waals surface area contributed by atoms with Crippen LogP contribution in [-0.4, -0.2) is 69.5 Å². The minimum atomic E-state index is -0.583. The van der Waals surface area contributed by atoms with Gasteiger partial charge in [-0.15, -0.1) is 10.2 Å². The van der Waals surface area contributed by atoms with Gasteiger partial charge in [-0.05, 0) is 36.8 Å². The van der Waals surface area contributed by atoms with Crippen molar-refractivity contribution in [2.45, 2.75) is 32.6 Å². The number of ether oxygens (including phenoxy) is 1. The maximum atomic E-state index is 15.0. The molecule has 0 N–H and O–H groups in total. The van der Waals surface area contributed by atoms with Gasteiger partial charge in [0.25, 0.3) is 11.8 Å². The highest BCUT2D eigenvalue weighted by molar-refractivity contribution is 6.29. The maximum absolute atomic E-state index is 15.0. The fourth-order valence-electron chi connectivity index (χ4n) is 4.08. The number of amides is 1. The number of rotatable bonds is 2. The molecule has 0 spiro atoms. The maximum Gasteiger partial charge on any atom is 0.254 e. The summed E-state index contributed by atoms with van der Waals surface area (Å²) in [5.74, 6) is 1.49. The Morgan fingerprint density at radius 2 is 1.92 bits per heavy atom. The minimum absolute atomic E-state index is 0.0923. The van der Waals surface area contributed by atoms with Gasteiger partial charge in [0.05, 0.1) is 5.56 Å². The molecule has 1 aromatic carbocycles. The normalized spacial score (nSPS) is 16.2. The zero-order chi connectivity index (χ0) is 25.4. The van der Waals surface area contributed by atoms with Crippen molar-refractivity contribution in [3.63, 3.8) is 0 Å². The van der Waals surface area contributed by atoms with E-state index in [1.165, 1.54) is 12.1 Å². The summed E-state index contributed by atoms with van der Waals surface area (Å²) in [6, 6.07) is 7.75. The van der Waals surface area contributed by atoms with Gasteiger partial charge in [0, 0.05) is 37.2 Å². The zero-order valence-corrected chi connectivity index (χ0v) is 21.0. The van der Waals surface area contributed by atoms with Gasteiger partial charge in [-0.3, -0.25) is 4.79 Å². The lowest BCUT2D eigenvalue weighted by Gasteiger charge is -2.27. The fourth-order valence-corrected chi connectivity index (χ4v) is 4.23. The van der Waals surface area contributed by atoms with Gasteiger partial charge in [0.15, 0.2) is 11.6 Å². The molecular formula is C25H26ClFN6O3. The molecule has 5 rings (SSSR count). The lowest BCUT2D eigenvalue weighted by molar-refractivity contribution is 0.0763. The molecule has 0 aliphatic carbocycles. The van der Waals surface area contributed by atoms with Crippen molar-refractivity contribution in [3.05, 3.63) is 52.8 Å². The number of pyridine rings is 1. The first-order valence-electron chi connectivity index (χ1n) is 11.7. The summed E-state index contributed by atoms with van der Waals surface area (Å²) in [6.07, 6.45) is 0.735. The molecule has 11 heteroatoms. The van der Waals surface area contributed by atoms with Crippen molar-refractivity contribution < 1.29 is 18.3 Å². The molecule has 1 fully saturated rings. The molecule has 2 aliphatic heterocycles. The second-order valence-corrected chi connectivity index (χ2v) is 10.1. The summed E-state index contributed by atoms with van der Waals surface area (Å²) < 4.78 is 26.4. The second kappa shape index (κ2) is 9.50. The number of hydrogen-bond donors (Lipinski definition) is 0. The molecule has 0 saturated carbocycles. The largest absolute Gasteiger partial charge is 0.482 e. The van der Waals surface area contributed by atoms with Gasteiger partial charge in [-0.2, -0.15) is 0 Å². The van der Waals surface area contributed by atoms with E-state index in [1.54, 1.807) is 23.1 Å². The van der Waals surface area contributed by atoms with Crippen LogP contribution in [0.5, 0.6) is 5.75 Å². The fraction of sp³-hybridized carbons (Fsp3) is 0.400. The third kappa shape index (κ3) is 4.90. The average Bonchev–Trinajstić information content (AvgIpc) is 3.22. The van der Waals surface area contributed by atoms with Crippen LogP contribution in [0.3, 0.4) is 0 Å². The van der Waals surface area contributed by atoms with E-state index < -0.39 is 5.82 Å². The van der Waals surface area contributed by atoms with Crippen molar-refractivity contribution in [1.82, 2.24) is 25.0 Å². The monoisotopic (exact) mass is 512 g/mol. The summed E-state index contributed by atoms with van der Waals surface area (Å²) >= 11 is 5.99. The highest BCUT2D eigenvalue weighted by Gasteiger charge is 2.26. The Kier molecular flexibility index (Phi) is 6.38. The summed E-state index contributed by atoms with van der Waals surface area (Å²) in [7, 11) is 0. The molecule has 1 saturated heterocycles. The number of carbonyl (C=O) groups excluding carboxylic acids is 1. The second-order valence-electron chi connectivity index (χ2n) is 9.76. The van der Waals surface area contributed by atoms with Crippen molar-refractivity contribution in [1.29, 1.82) is 0 Å². The molecule has 4 heterocycles. The third-order valence-corrected chi connectivity index (χ3v) is 6.27. The molecule has 2 aliphatic rings. The lowest BCUT2D eigenvalue weighted by atomic mass is 9.97. The van der Waals surface area contributed by atoms with E-state index in [0.717, 1.165) is 12.3 Å². The van der Waals surface area contributed by atoms with Gasteiger partial charge in [0.2, 0.25) is 5.89 Å². The van der Waals surface area contributed by atoms with Gasteiger partial charge >= 0.3 is 0 Å². The molecule has 1 amide bonds. The van der Waals surface area contributed by atoms with Gasteiger partial charge in [-0.25, -0.2) is 14.4 Å². The first kappa shape index (κ1) is 24.2. The third-order valence-electron chi connectivity index (χ3n) is 6.06. The predicted octanol–water partition coefficient (Wildman–Crippen LogP) is 4.49. The summed E-state index contributed by atoms with van der Waals surface area (Å²) in [5, 5.41) is 8.34. The molecular weight excluding hydrogens is 487 g/mol. The molecule has 0 atom stereocenters. The topological polar surface area (TPSA) is 97.0 Å². The Morgan fingerprint density at radius 3 is 2.67 bits per heavy atom. The average molecular weight is 513 g/mol. The van der Waals surface area contributed by atoms with Crippen molar-refractivity contribution in [3.8, 4) is 17.2 Å². The number of aliphatic imine (C=N–C) groups is 1. The van der Waals surface area contributed by atoms with E-state index >= 15 is 0 Å². The number of benzene rings is 1. The van der Waals surface area contributed by atoms with Crippen LogP contribution >= 0.6 is 11.6 Å². The number of nitrogens with zero attached hydrogens (tertiary/aromatic N) is 6. The van der Waals surface area contributed by atoms with Crippen LogP contribution in [-0.2, 0) is 5.41 Å². The van der Waals surface area contributed by atoms with Gasteiger partial charge < -0.3 is 19.0 Å². The Bertz CT molecular complexity index is 1340. The van der Waals surface area contributed by atoms with Crippen LogP contribution in [0.2, 0.25) is 5.15 Å². The molecule has 2 aromatic heterocycles. The molecule has 0 unspecified atom stereocenters. The van der Waals surface area contributed by atoms with E-state index in [1.807, 2.05) is 20.8 Å². The Balaban J connectivity index is 1.28. The number of hydrogen-bond acceptors (Lipinski definition) is 8. The number of fused-ring (bicyclic) bond motifs is 1. The van der Waals surface area contributed by atoms with Crippen LogP contribution in [0.1, 0.15) is 43.4 Å². The molecule has 0 bridgehead atoms. The predicted molar refractivity (Wildman–Crippen MR) is 132 cm³/mol. The molecule has 188 valence electrons. The summed E-state index contributed by atoms with van der Waals surface area (Å²) in [4.78, 5) is 25.8. The number of carbonyl (C=O) groups is 1. The van der Waals surface area contributed by atoms with E-state index in [9.17, 15) is 9.18 Å². The van der Waals surface area contributed by atoms with E-state index in [-0.39, 0.29) is 28.3 Å². The smallest absolute Gasteiger partial charge is 0.254 e. The van der Waals surface area contributed by atoms with E-state index in [2.05, 4.69) is 25.1 Å². The Labute approximate surface area is 212 Å². The first-order chi connectivity index (χ1) is 17.2. The van der Waals surface area contributed by atoms with E-state index in [0.29, 0.717) is 55.4 Å². The SMILES string of the molecule is CC(C)(C)c1nnc(-c2ccc(C(=O)N3CCCN(C4=Nc5nc(Cl)ccc5OC4)CC3)cc2F)o1. The molecule has 3 aromatic rings. The minimum Gasteiger partial charge on any atom is -0.482 e. The van der Waals surface area contributed by atoms with Crippen LogP contribution in [0.15, 0.2) is 39.7 Å². The number of halogens is 2. The standard InChI is InChI=1S/C25H26ClFN6O3/c1-25(2,3)24-31-30-22(36-24)16-6-5-15(13-17(16)27)23(34)33-10-4-9-32(11-12-33)20-14-35-18-7-8-19(26)28-21(18)29-20/h5-8,13H,4,9-12,14H2,1-3H3. The van der Waals surface area contributed by atoms with Crippen molar-refractivity contribution in [2.24, 2.45) is 4.99 Å². The van der Waals surface area contributed by atoms with Crippen molar-refractivity contribution >= 4 is 29.2 Å². The number of aromatic nitrogens is 3. The highest BCUT2D eigenvalue weighted by Crippen LogP contribution is 2.31. The summed E-state index contributed by atoms with van der Waals surface area (Å²) in [5.41, 5.74) is 0.0906. The Morgan fingerprint density at radius 1 is 1.08 bits per heavy atom.